The predicted molar refractivity (Wildman–Crippen MR) is 147 cm³/mol. The summed E-state index contributed by atoms with van der Waals surface area (Å²) >= 11 is 6.07. The molecule has 0 saturated heterocycles. The zero-order valence-corrected chi connectivity index (χ0v) is 21.9. The van der Waals surface area contributed by atoms with Crippen LogP contribution in [0, 0.1) is 5.82 Å². The number of aromatic nitrogens is 1. The number of amides is 1. The number of rotatable bonds is 7. The van der Waals surface area contributed by atoms with Crippen molar-refractivity contribution in [3.8, 4) is 11.1 Å². The van der Waals surface area contributed by atoms with E-state index in [4.69, 9.17) is 16.7 Å². The van der Waals surface area contributed by atoms with Crippen LogP contribution in [0.2, 0.25) is 5.02 Å². The van der Waals surface area contributed by atoms with Gasteiger partial charge in [-0.1, -0.05) is 35.9 Å². The molecule has 5 nitrogen and oxygen atoms in total. The fourth-order valence-electron chi connectivity index (χ4n) is 4.58. The first kappa shape index (κ1) is 27.9. The molecule has 0 aliphatic rings. The maximum absolute atomic E-state index is 14.1. The number of halogens is 5. The lowest BCUT2D eigenvalue weighted by Gasteiger charge is -2.14. The number of carbonyl (C=O) groups is 2. The number of nitrogens with one attached hydrogen (secondary N) is 1. The average Bonchev–Trinajstić information content (AvgIpc) is 3.33. The highest BCUT2D eigenvalue weighted by Crippen LogP contribution is 2.32. The highest BCUT2D eigenvalue weighted by Gasteiger charge is 2.30. The van der Waals surface area contributed by atoms with Crippen LogP contribution in [-0.4, -0.2) is 21.6 Å². The molecule has 0 bridgehead atoms. The van der Waals surface area contributed by atoms with Crippen LogP contribution in [0.3, 0.4) is 0 Å². The molecular weight excluding hydrogens is 560 g/mol. The first-order valence-corrected chi connectivity index (χ1v) is 12.7. The molecule has 1 amide bonds. The summed E-state index contributed by atoms with van der Waals surface area (Å²) in [6.45, 7) is 0.305. The number of carboxylic acids is 1. The van der Waals surface area contributed by atoms with Gasteiger partial charge in [0.2, 0.25) is 0 Å². The standard InChI is InChI=1S/C31H21ClF4N2O3/c32-25-12-23(13-26(33)15-25)22-11-21-9-10-38(17-19-3-7-24(8-4-19)31(34,35)36)28(21)27(14-22)29(39)37-16-18-1-5-20(6-2-18)30(40)41/h1-15H,16-17H2,(H,37,39)(H,40,41). The Labute approximate surface area is 236 Å². The number of carbonyl (C=O) groups excluding carboxylic acids is 1. The second-order valence-corrected chi connectivity index (χ2v) is 9.88. The summed E-state index contributed by atoms with van der Waals surface area (Å²) in [5.74, 6) is -2.05. The third-order valence-electron chi connectivity index (χ3n) is 6.59. The molecule has 208 valence electrons. The topological polar surface area (TPSA) is 71.3 Å². The van der Waals surface area contributed by atoms with Crippen molar-refractivity contribution < 1.29 is 32.3 Å². The van der Waals surface area contributed by atoms with Crippen LogP contribution < -0.4 is 5.32 Å². The Balaban J connectivity index is 1.52. The van der Waals surface area contributed by atoms with Crippen molar-refractivity contribution in [3.05, 3.63) is 130 Å². The molecule has 41 heavy (non-hydrogen) atoms. The number of carboxylic acid groups (broad SMARTS) is 1. The highest BCUT2D eigenvalue weighted by atomic mass is 35.5. The van der Waals surface area contributed by atoms with Gasteiger partial charge in [-0.2, -0.15) is 13.2 Å². The fourth-order valence-corrected chi connectivity index (χ4v) is 4.80. The summed E-state index contributed by atoms with van der Waals surface area (Å²) < 4.78 is 55.0. The van der Waals surface area contributed by atoms with Crippen molar-refractivity contribution in [2.75, 3.05) is 0 Å². The van der Waals surface area contributed by atoms with Crippen LogP contribution in [-0.2, 0) is 19.3 Å². The highest BCUT2D eigenvalue weighted by molar-refractivity contribution is 6.30. The lowest BCUT2D eigenvalue weighted by molar-refractivity contribution is -0.137. The molecule has 1 heterocycles. The number of hydrogen-bond donors (Lipinski definition) is 2. The minimum atomic E-state index is -4.45. The number of nitrogens with zero attached hydrogens (tertiary/aromatic N) is 1. The molecule has 0 unspecified atom stereocenters. The first-order chi connectivity index (χ1) is 19.5. The monoisotopic (exact) mass is 580 g/mol. The molecule has 0 aliphatic heterocycles. The average molecular weight is 581 g/mol. The molecule has 0 atom stereocenters. The molecule has 5 aromatic rings. The zero-order valence-electron chi connectivity index (χ0n) is 21.2. The van der Waals surface area contributed by atoms with E-state index in [1.165, 1.54) is 36.4 Å². The van der Waals surface area contributed by atoms with Crippen LogP contribution in [0.25, 0.3) is 22.0 Å². The van der Waals surface area contributed by atoms with E-state index < -0.39 is 29.4 Å². The van der Waals surface area contributed by atoms with E-state index in [0.717, 1.165) is 12.1 Å². The Kier molecular flexibility index (Phi) is 7.55. The molecule has 0 fully saturated rings. The van der Waals surface area contributed by atoms with Crippen molar-refractivity contribution in [2.24, 2.45) is 0 Å². The van der Waals surface area contributed by atoms with Crippen LogP contribution in [0.4, 0.5) is 17.6 Å². The zero-order chi connectivity index (χ0) is 29.3. The van der Waals surface area contributed by atoms with Crippen molar-refractivity contribution in [2.45, 2.75) is 19.3 Å². The number of benzene rings is 4. The normalized spacial score (nSPS) is 11.5. The minimum Gasteiger partial charge on any atom is -0.478 e. The van der Waals surface area contributed by atoms with Crippen molar-refractivity contribution in [3.63, 3.8) is 0 Å². The molecule has 2 N–H and O–H groups in total. The summed E-state index contributed by atoms with van der Waals surface area (Å²) in [7, 11) is 0. The van der Waals surface area contributed by atoms with Gasteiger partial charge in [-0.15, -0.1) is 0 Å². The van der Waals surface area contributed by atoms with E-state index in [9.17, 15) is 27.2 Å². The summed E-state index contributed by atoms with van der Waals surface area (Å²) in [5.41, 5.74) is 2.44. The van der Waals surface area contributed by atoms with Crippen molar-refractivity contribution in [1.29, 1.82) is 0 Å². The van der Waals surface area contributed by atoms with Gasteiger partial charge in [0.1, 0.15) is 5.82 Å². The SMILES string of the molecule is O=C(O)c1ccc(CNC(=O)c2cc(-c3cc(F)cc(Cl)c3)cc3ccn(Cc4ccc(C(F)(F)F)cc4)c23)cc1. The summed E-state index contributed by atoms with van der Waals surface area (Å²) in [6, 6.07) is 20.1. The molecule has 5 rings (SSSR count). The molecule has 0 aliphatic carbocycles. The van der Waals surface area contributed by atoms with Crippen molar-refractivity contribution in [1.82, 2.24) is 9.88 Å². The molecule has 1 aromatic heterocycles. The maximum Gasteiger partial charge on any atom is 0.416 e. The Morgan fingerprint density at radius 3 is 2.15 bits per heavy atom. The van der Waals surface area contributed by atoms with E-state index in [-0.39, 0.29) is 29.2 Å². The van der Waals surface area contributed by atoms with Gasteiger partial charge >= 0.3 is 12.1 Å². The second-order valence-electron chi connectivity index (χ2n) is 9.44. The molecule has 0 saturated carbocycles. The fraction of sp³-hybridized carbons (Fsp3) is 0.0968. The van der Waals surface area contributed by atoms with Gasteiger partial charge < -0.3 is 15.0 Å². The second kappa shape index (κ2) is 11.1. The summed E-state index contributed by atoms with van der Waals surface area (Å²) in [6.07, 6.45) is -2.72. The van der Waals surface area contributed by atoms with Gasteiger partial charge in [0.15, 0.2) is 0 Å². The molecule has 4 aromatic carbocycles. The van der Waals surface area contributed by atoms with Gasteiger partial charge in [-0.05, 0) is 82.9 Å². The van der Waals surface area contributed by atoms with Crippen LogP contribution in [0.5, 0.6) is 0 Å². The molecule has 10 heteroatoms. The minimum absolute atomic E-state index is 0.107. The third kappa shape index (κ3) is 6.25. The number of alkyl halides is 3. The molecule has 0 radical (unpaired) electrons. The third-order valence-corrected chi connectivity index (χ3v) is 6.81. The van der Waals surface area contributed by atoms with E-state index in [1.807, 2.05) is 0 Å². The van der Waals surface area contributed by atoms with Crippen molar-refractivity contribution >= 4 is 34.4 Å². The largest absolute Gasteiger partial charge is 0.478 e. The lowest BCUT2D eigenvalue weighted by atomic mass is 9.99. The van der Waals surface area contributed by atoms with Gasteiger partial charge in [0, 0.05) is 29.7 Å². The molecular formula is C31H21ClF4N2O3. The Morgan fingerprint density at radius 2 is 1.51 bits per heavy atom. The van der Waals surface area contributed by atoms with Crippen LogP contribution in [0.1, 0.15) is 37.4 Å². The van der Waals surface area contributed by atoms with E-state index >= 15 is 0 Å². The Hall–Kier alpha value is -4.63. The quantitative estimate of drug-likeness (QED) is 0.193. The van der Waals surface area contributed by atoms with E-state index in [2.05, 4.69) is 5.32 Å². The first-order valence-electron chi connectivity index (χ1n) is 12.3. The van der Waals surface area contributed by atoms with Gasteiger partial charge in [-0.25, -0.2) is 9.18 Å². The van der Waals surface area contributed by atoms with Crippen LogP contribution >= 0.6 is 11.6 Å². The molecule has 0 spiro atoms. The van der Waals surface area contributed by atoms with Crippen LogP contribution in [0.15, 0.2) is 91.1 Å². The number of aromatic carboxylic acids is 1. The maximum atomic E-state index is 14.1. The number of hydrogen-bond acceptors (Lipinski definition) is 2. The Bertz CT molecular complexity index is 1740. The summed E-state index contributed by atoms with van der Waals surface area (Å²) in [4.78, 5) is 24.7. The van der Waals surface area contributed by atoms with Gasteiger partial charge in [-0.3, -0.25) is 4.79 Å². The smallest absolute Gasteiger partial charge is 0.416 e. The van der Waals surface area contributed by atoms with Gasteiger partial charge in [0.25, 0.3) is 5.91 Å². The number of fused-ring (bicyclic) bond motifs is 1. The van der Waals surface area contributed by atoms with Gasteiger partial charge in [0.05, 0.1) is 22.2 Å². The van der Waals surface area contributed by atoms with E-state index in [0.29, 0.717) is 33.2 Å². The lowest BCUT2D eigenvalue weighted by Crippen LogP contribution is -2.23. The Morgan fingerprint density at radius 1 is 0.854 bits per heavy atom. The van der Waals surface area contributed by atoms with E-state index in [1.54, 1.807) is 47.2 Å². The predicted octanol–water partition coefficient (Wildman–Crippen LogP) is 7.80. The summed E-state index contributed by atoms with van der Waals surface area (Å²) in [5, 5.41) is 12.8.